The van der Waals surface area contributed by atoms with E-state index in [-0.39, 0.29) is 59.3 Å². The zero-order chi connectivity index (χ0) is 22.2. The third kappa shape index (κ3) is 4.10. The van der Waals surface area contributed by atoms with Gasteiger partial charge in [0, 0.05) is 35.8 Å². The predicted octanol–water partition coefficient (Wildman–Crippen LogP) is 0.132. The lowest BCUT2D eigenvalue weighted by molar-refractivity contribution is -0.157. The standard InChI is InChI=1S/C20H31N3O6S/c1-9(2)14(21)18(25)22-8-12-13(5-7-29-12)30-17-10(3)15-11(4-6-24)19(26)23(15)16(17)20(27)28/h9-15,24H,4-8,21H2,1-3H3,(H,22,25)(H,27,28)/t10?,11?,12-,13-,14+,15+/m1/s1. The van der Waals surface area contributed by atoms with E-state index in [0.717, 1.165) is 6.42 Å². The fraction of sp³-hybridized carbons (Fsp3) is 0.750. The number of aliphatic hydroxyl groups is 1. The van der Waals surface area contributed by atoms with Crippen LogP contribution in [0.2, 0.25) is 0 Å². The Kier molecular flexibility index (Phi) is 7.11. The number of β-lactam (4-membered cyclic amide) rings is 1. The minimum Gasteiger partial charge on any atom is -0.477 e. The minimum atomic E-state index is -1.12. The number of carbonyl (C=O) groups is 3. The summed E-state index contributed by atoms with van der Waals surface area (Å²) in [6, 6.07) is -0.811. The second-order valence-corrected chi connectivity index (χ2v) is 9.77. The average Bonchev–Trinajstić information content (AvgIpc) is 3.24. The molecule has 30 heavy (non-hydrogen) atoms. The van der Waals surface area contributed by atoms with Crippen LogP contribution < -0.4 is 11.1 Å². The summed E-state index contributed by atoms with van der Waals surface area (Å²) in [7, 11) is 0. The van der Waals surface area contributed by atoms with Gasteiger partial charge in [-0.1, -0.05) is 20.8 Å². The number of nitrogens with one attached hydrogen (secondary N) is 1. The van der Waals surface area contributed by atoms with Crippen LogP contribution in [0.3, 0.4) is 0 Å². The molecular weight excluding hydrogens is 410 g/mol. The molecule has 0 aromatic carbocycles. The molecular formula is C20H31N3O6S. The van der Waals surface area contributed by atoms with Crippen LogP contribution in [0.25, 0.3) is 0 Å². The highest BCUT2D eigenvalue weighted by Crippen LogP contribution is 2.52. The van der Waals surface area contributed by atoms with Crippen molar-refractivity contribution in [1.82, 2.24) is 10.2 Å². The highest BCUT2D eigenvalue weighted by molar-refractivity contribution is 8.03. The first-order valence-corrected chi connectivity index (χ1v) is 11.3. The molecule has 9 nitrogen and oxygen atoms in total. The van der Waals surface area contributed by atoms with Gasteiger partial charge in [0.1, 0.15) is 5.70 Å². The first-order chi connectivity index (χ1) is 14.2. The van der Waals surface area contributed by atoms with Gasteiger partial charge in [-0.25, -0.2) is 4.79 Å². The molecule has 5 N–H and O–H groups in total. The van der Waals surface area contributed by atoms with E-state index in [2.05, 4.69) is 5.32 Å². The lowest BCUT2D eigenvalue weighted by atomic mass is 9.80. The summed E-state index contributed by atoms with van der Waals surface area (Å²) >= 11 is 1.44. The number of amides is 2. The van der Waals surface area contributed by atoms with Gasteiger partial charge >= 0.3 is 5.97 Å². The smallest absolute Gasteiger partial charge is 0.353 e. The fourth-order valence-corrected chi connectivity index (χ4v) is 5.95. The summed E-state index contributed by atoms with van der Waals surface area (Å²) in [5.74, 6) is -2.02. The number of ether oxygens (including phenoxy) is 1. The maximum Gasteiger partial charge on any atom is 0.353 e. The molecule has 3 aliphatic heterocycles. The van der Waals surface area contributed by atoms with Crippen molar-refractivity contribution in [3.05, 3.63) is 10.6 Å². The van der Waals surface area contributed by atoms with Crippen LogP contribution in [0, 0.1) is 17.8 Å². The zero-order valence-electron chi connectivity index (χ0n) is 17.5. The molecule has 2 unspecified atom stereocenters. The first-order valence-electron chi connectivity index (χ1n) is 10.4. The van der Waals surface area contributed by atoms with Crippen LogP contribution in [0.4, 0.5) is 0 Å². The van der Waals surface area contributed by atoms with E-state index in [0.29, 0.717) is 24.5 Å². The summed E-state index contributed by atoms with van der Waals surface area (Å²) in [6.45, 7) is 6.42. The van der Waals surface area contributed by atoms with Crippen LogP contribution >= 0.6 is 11.8 Å². The number of thioether (sulfide) groups is 1. The van der Waals surface area contributed by atoms with Gasteiger partial charge in [0.15, 0.2) is 0 Å². The van der Waals surface area contributed by atoms with Gasteiger partial charge in [-0.15, -0.1) is 11.8 Å². The molecule has 0 saturated carbocycles. The summed E-state index contributed by atoms with van der Waals surface area (Å²) in [5, 5.41) is 21.8. The molecule has 0 aromatic heterocycles. The number of carbonyl (C=O) groups excluding carboxylic acids is 2. The molecule has 2 amide bonds. The number of hydrogen-bond donors (Lipinski definition) is 4. The lowest BCUT2D eigenvalue weighted by Crippen LogP contribution is -2.60. The average molecular weight is 442 g/mol. The molecule has 2 saturated heterocycles. The number of aliphatic hydroxyl groups excluding tert-OH is 1. The molecule has 0 radical (unpaired) electrons. The molecule has 0 aromatic rings. The number of carboxylic acid groups (broad SMARTS) is 1. The van der Waals surface area contributed by atoms with Crippen molar-refractivity contribution >= 4 is 29.5 Å². The summed E-state index contributed by atoms with van der Waals surface area (Å²) in [4.78, 5) is 38.6. The molecule has 10 heteroatoms. The van der Waals surface area contributed by atoms with Crippen molar-refractivity contribution in [2.75, 3.05) is 19.8 Å². The molecule has 2 fully saturated rings. The van der Waals surface area contributed by atoms with E-state index in [1.54, 1.807) is 0 Å². The Hall–Kier alpha value is -1.62. The van der Waals surface area contributed by atoms with Crippen molar-refractivity contribution < 1.29 is 29.3 Å². The van der Waals surface area contributed by atoms with E-state index in [4.69, 9.17) is 10.5 Å². The zero-order valence-corrected chi connectivity index (χ0v) is 18.4. The number of aliphatic carboxylic acids is 1. The quantitative estimate of drug-likeness (QED) is 0.370. The van der Waals surface area contributed by atoms with Gasteiger partial charge in [-0.05, 0) is 18.8 Å². The second kappa shape index (κ2) is 9.25. The number of rotatable bonds is 9. The summed E-state index contributed by atoms with van der Waals surface area (Å²) in [5.41, 5.74) is 5.93. The van der Waals surface area contributed by atoms with Gasteiger partial charge in [0.25, 0.3) is 0 Å². The Bertz CT molecular complexity index is 742. The number of fused-ring (bicyclic) bond motifs is 1. The summed E-state index contributed by atoms with van der Waals surface area (Å²) in [6.07, 6.45) is 0.806. The Labute approximate surface area is 180 Å². The van der Waals surface area contributed by atoms with Crippen molar-refractivity contribution in [2.45, 2.75) is 57.1 Å². The maximum absolute atomic E-state index is 12.5. The van der Waals surface area contributed by atoms with Crippen molar-refractivity contribution in [2.24, 2.45) is 23.5 Å². The highest BCUT2D eigenvalue weighted by Gasteiger charge is 2.58. The first kappa shape index (κ1) is 23.1. The van der Waals surface area contributed by atoms with E-state index < -0.39 is 12.0 Å². The van der Waals surface area contributed by atoms with E-state index in [9.17, 15) is 24.6 Å². The van der Waals surface area contributed by atoms with Crippen molar-refractivity contribution in [3.8, 4) is 0 Å². The normalized spacial score (nSPS) is 31.7. The van der Waals surface area contributed by atoms with E-state index >= 15 is 0 Å². The minimum absolute atomic E-state index is 0.0243. The van der Waals surface area contributed by atoms with Gasteiger partial charge < -0.3 is 30.9 Å². The molecule has 6 atom stereocenters. The van der Waals surface area contributed by atoms with E-state index in [1.165, 1.54) is 16.7 Å². The Balaban J connectivity index is 1.70. The predicted molar refractivity (Wildman–Crippen MR) is 111 cm³/mol. The van der Waals surface area contributed by atoms with Crippen LogP contribution in [0.15, 0.2) is 10.6 Å². The Morgan fingerprint density at radius 2 is 2.10 bits per heavy atom. The lowest BCUT2D eigenvalue weighted by Gasteiger charge is -2.45. The van der Waals surface area contributed by atoms with Crippen LogP contribution in [-0.2, 0) is 19.1 Å². The molecule has 0 spiro atoms. The van der Waals surface area contributed by atoms with Gasteiger partial charge in [-0.2, -0.15) is 0 Å². The topological polar surface area (TPSA) is 142 Å². The fourth-order valence-electron chi connectivity index (χ4n) is 4.43. The highest BCUT2D eigenvalue weighted by atomic mass is 32.2. The SMILES string of the molecule is CC1C(S[C@@H]2CCO[C@@H]2CNC(=O)[C@@H](N)C(C)C)=C(C(=O)O)N2C(=O)C(CCO)[C@H]12. The molecule has 0 aliphatic carbocycles. The number of carboxylic acids is 1. The van der Waals surface area contributed by atoms with Crippen LogP contribution in [0.5, 0.6) is 0 Å². The molecule has 3 heterocycles. The number of nitrogens with two attached hydrogens (primary N) is 1. The van der Waals surface area contributed by atoms with Crippen molar-refractivity contribution in [1.29, 1.82) is 0 Å². The molecule has 0 bridgehead atoms. The third-order valence-electron chi connectivity index (χ3n) is 6.23. The molecule has 3 aliphatic rings. The Morgan fingerprint density at radius 3 is 2.70 bits per heavy atom. The van der Waals surface area contributed by atoms with Crippen molar-refractivity contribution in [3.63, 3.8) is 0 Å². The van der Waals surface area contributed by atoms with Gasteiger partial charge in [-0.3, -0.25) is 9.59 Å². The number of hydrogen-bond acceptors (Lipinski definition) is 7. The molecule has 3 rings (SSSR count). The van der Waals surface area contributed by atoms with Crippen LogP contribution in [0.1, 0.15) is 33.6 Å². The van der Waals surface area contributed by atoms with E-state index in [1.807, 2.05) is 20.8 Å². The van der Waals surface area contributed by atoms with Gasteiger partial charge in [0.05, 0.1) is 24.1 Å². The summed E-state index contributed by atoms with van der Waals surface area (Å²) < 4.78 is 5.79. The van der Waals surface area contributed by atoms with Crippen LogP contribution in [-0.4, -0.2) is 76.1 Å². The molecule has 168 valence electrons. The van der Waals surface area contributed by atoms with Gasteiger partial charge in [0.2, 0.25) is 11.8 Å². The number of nitrogens with zero attached hydrogens (tertiary/aromatic N) is 1. The Morgan fingerprint density at radius 1 is 1.40 bits per heavy atom. The second-order valence-electron chi connectivity index (χ2n) is 8.49. The third-order valence-corrected chi connectivity index (χ3v) is 7.89. The monoisotopic (exact) mass is 441 g/mol. The largest absolute Gasteiger partial charge is 0.477 e. The maximum atomic E-state index is 12.5.